The number of aryl methyl sites for hydroxylation is 1. The van der Waals surface area contributed by atoms with E-state index in [1.54, 1.807) is 0 Å². The van der Waals surface area contributed by atoms with E-state index in [2.05, 4.69) is 53.5 Å². The van der Waals surface area contributed by atoms with Gasteiger partial charge in [0.25, 0.3) is 0 Å². The molecule has 3 nitrogen and oxygen atoms in total. The van der Waals surface area contributed by atoms with Crippen LogP contribution in [0.1, 0.15) is 24.8 Å². The molecule has 1 N–H and O–H groups in total. The van der Waals surface area contributed by atoms with Crippen molar-refractivity contribution in [1.29, 1.82) is 5.26 Å². The number of rotatable bonds is 3. The molecule has 19 heavy (non-hydrogen) atoms. The number of nitrogens with zero attached hydrogens (tertiary/aromatic N) is 2. The zero-order chi connectivity index (χ0) is 13.2. The Kier molecular flexibility index (Phi) is 3.27. The third-order valence-corrected chi connectivity index (χ3v) is 4.22. The van der Waals surface area contributed by atoms with Crippen molar-refractivity contribution in [3.8, 4) is 6.07 Å². The summed E-state index contributed by atoms with van der Waals surface area (Å²) < 4.78 is 2.17. The number of para-hydroxylation sites is 1. The van der Waals surface area contributed by atoms with Crippen LogP contribution in [0.4, 0.5) is 0 Å². The van der Waals surface area contributed by atoms with E-state index < -0.39 is 0 Å². The van der Waals surface area contributed by atoms with Gasteiger partial charge in [-0.05, 0) is 24.5 Å². The van der Waals surface area contributed by atoms with E-state index in [0.717, 1.165) is 19.4 Å². The molecule has 2 aromatic rings. The van der Waals surface area contributed by atoms with Crippen LogP contribution in [0, 0.1) is 17.2 Å². The molecule has 0 saturated heterocycles. The summed E-state index contributed by atoms with van der Waals surface area (Å²) in [5.74, 6) is 0.190. The fraction of sp³-hybridized carbons (Fsp3) is 0.438. The lowest BCUT2D eigenvalue weighted by Crippen LogP contribution is -2.31. The third-order valence-electron chi connectivity index (χ3n) is 4.22. The van der Waals surface area contributed by atoms with E-state index >= 15 is 0 Å². The zero-order valence-corrected chi connectivity index (χ0v) is 11.3. The Bertz CT molecular complexity index is 620. The molecule has 1 aromatic heterocycles. The van der Waals surface area contributed by atoms with Crippen LogP contribution in [0.15, 0.2) is 30.5 Å². The van der Waals surface area contributed by atoms with Crippen LogP contribution in [0.3, 0.4) is 0 Å². The minimum atomic E-state index is 0.190. The third kappa shape index (κ3) is 2.24. The van der Waals surface area contributed by atoms with E-state index in [0.29, 0.717) is 6.04 Å². The van der Waals surface area contributed by atoms with Crippen LogP contribution in [0.5, 0.6) is 0 Å². The molecule has 3 heteroatoms. The maximum atomic E-state index is 9.12. The highest BCUT2D eigenvalue weighted by Gasteiger charge is 2.26. The molecule has 0 spiro atoms. The van der Waals surface area contributed by atoms with Gasteiger partial charge >= 0.3 is 0 Å². The zero-order valence-electron chi connectivity index (χ0n) is 11.3. The van der Waals surface area contributed by atoms with Crippen molar-refractivity contribution in [3.05, 3.63) is 36.0 Å². The number of fused-ring (bicyclic) bond motifs is 1. The summed E-state index contributed by atoms with van der Waals surface area (Å²) in [6, 6.07) is 11.3. The molecular formula is C16H19N3. The van der Waals surface area contributed by atoms with E-state index in [1.165, 1.54) is 22.9 Å². The fourth-order valence-corrected chi connectivity index (χ4v) is 3.17. The highest BCUT2D eigenvalue weighted by atomic mass is 15.0. The Morgan fingerprint density at radius 2 is 2.21 bits per heavy atom. The second-order valence-electron chi connectivity index (χ2n) is 5.44. The van der Waals surface area contributed by atoms with Gasteiger partial charge in [-0.25, -0.2) is 0 Å². The standard InChI is InChI=1S/C16H19N3/c1-19-11-13(14-6-2-3-8-16(14)19)10-18-15-7-4-5-12(15)9-17/h2-3,6,8,11-12,15,18H,4-5,7,10H2,1H3. The summed E-state index contributed by atoms with van der Waals surface area (Å²) in [6.45, 7) is 0.851. The Morgan fingerprint density at radius 3 is 3.05 bits per heavy atom. The van der Waals surface area contributed by atoms with E-state index in [9.17, 15) is 0 Å². The van der Waals surface area contributed by atoms with Gasteiger partial charge in [-0.3, -0.25) is 0 Å². The molecule has 0 amide bonds. The van der Waals surface area contributed by atoms with Gasteiger partial charge in [0.1, 0.15) is 0 Å². The summed E-state index contributed by atoms with van der Waals surface area (Å²) in [5.41, 5.74) is 2.59. The van der Waals surface area contributed by atoms with Crippen molar-refractivity contribution in [2.24, 2.45) is 13.0 Å². The smallest absolute Gasteiger partial charge is 0.0672 e. The molecule has 1 aliphatic carbocycles. The second-order valence-corrected chi connectivity index (χ2v) is 5.44. The number of nitrogens with one attached hydrogen (secondary N) is 1. The topological polar surface area (TPSA) is 40.8 Å². The van der Waals surface area contributed by atoms with E-state index in [-0.39, 0.29) is 5.92 Å². The lowest BCUT2D eigenvalue weighted by Gasteiger charge is -2.15. The number of benzene rings is 1. The number of hydrogen-bond acceptors (Lipinski definition) is 2. The molecule has 1 heterocycles. The quantitative estimate of drug-likeness (QED) is 0.913. The van der Waals surface area contributed by atoms with Gasteiger partial charge in [0.2, 0.25) is 0 Å². The van der Waals surface area contributed by atoms with E-state index in [1.807, 2.05) is 0 Å². The highest BCUT2D eigenvalue weighted by molar-refractivity contribution is 5.83. The first-order chi connectivity index (χ1) is 9.29. The average molecular weight is 253 g/mol. The predicted molar refractivity (Wildman–Crippen MR) is 76.5 cm³/mol. The average Bonchev–Trinajstić information content (AvgIpc) is 3.02. The van der Waals surface area contributed by atoms with Crippen LogP contribution in [0.2, 0.25) is 0 Å². The lowest BCUT2D eigenvalue weighted by atomic mass is 10.1. The number of hydrogen-bond donors (Lipinski definition) is 1. The maximum absolute atomic E-state index is 9.12. The summed E-state index contributed by atoms with van der Waals surface area (Å²) in [4.78, 5) is 0. The van der Waals surface area contributed by atoms with Crippen molar-refractivity contribution >= 4 is 10.9 Å². The predicted octanol–water partition coefficient (Wildman–Crippen LogP) is 2.96. The SMILES string of the molecule is Cn1cc(CNC2CCCC2C#N)c2ccccc21. The molecular weight excluding hydrogens is 234 g/mol. The van der Waals surface area contributed by atoms with Crippen LogP contribution in [-0.2, 0) is 13.6 Å². The molecule has 1 aromatic carbocycles. The molecule has 2 unspecified atom stereocenters. The largest absolute Gasteiger partial charge is 0.350 e. The van der Waals surface area contributed by atoms with Crippen LogP contribution in [0.25, 0.3) is 10.9 Å². The van der Waals surface area contributed by atoms with Crippen molar-refractivity contribution in [3.63, 3.8) is 0 Å². The molecule has 1 saturated carbocycles. The summed E-state index contributed by atoms with van der Waals surface area (Å²) in [5, 5.41) is 14.0. The second kappa shape index (κ2) is 5.07. The molecule has 1 aliphatic rings. The van der Waals surface area contributed by atoms with Crippen molar-refractivity contribution in [1.82, 2.24) is 9.88 Å². The fourth-order valence-electron chi connectivity index (χ4n) is 3.17. The molecule has 3 rings (SSSR count). The van der Waals surface area contributed by atoms with Gasteiger partial charge < -0.3 is 9.88 Å². The first-order valence-corrected chi connectivity index (χ1v) is 6.95. The van der Waals surface area contributed by atoms with Gasteiger partial charge in [0, 0.05) is 36.7 Å². The molecule has 98 valence electrons. The Hall–Kier alpha value is -1.79. The Labute approximate surface area is 113 Å². The first-order valence-electron chi connectivity index (χ1n) is 6.95. The lowest BCUT2D eigenvalue weighted by molar-refractivity contribution is 0.465. The molecule has 0 radical (unpaired) electrons. The van der Waals surface area contributed by atoms with Crippen molar-refractivity contribution < 1.29 is 0 Å². The first kappa shape index (κ1) is 12.3. The van der Waals surface area contributed by atoms with Crippen LogP contribution < -0.4 is 5.32 Å². The Morgan fingerprint density at radius 1 is 1.37 bits per heavy atom. The van der Waals surface area contributed by atoms with Gasteiger partial charge in [-0.15, -0.1) is 0 Å². The van der Waals surface area contributed by atoms with Crippen LogP contribution >= 0.6 is 0 Å². The minimum Gasteiger partial charge on any atom is -0.350 e. The molecule has 1 fully saturated rings. The number of nitriles is 1. The molecule has 0 aliphatic heterocycles. The number of aromatic nitrogens is 1. The van der Waals surface area contributed by atoms with E-state index in [4.69, 9.17) is 5.26 Å². The monoisotopic (exact) mass is 253 g/mol. The minimum absolute atomic E-state index is 0.190. The van der Waals surface area contributed by atoms with Gasteiger partial charge in [0.05, 0.1) is 12.0 Å². The van der Waals surface area contributed by atoms with Crippen molar-refractivity contribution in [2.75, 3.05) is 0 Å². The highest BCUT2D eigenvalue weighted by Crippen LogP contribution is 2.26. The maximum Gasteiger partial charge on any atom is 0.0672 e. The summed E-state index contributed by atoms with van der Waals surface area (Å²) in [6.07, 6.45) is 5.53. The van der Waals surface area contributed by atoms with Crippen molar-refractivity contribution in [2.45, 2.75) is 31.8 Å². The molecule has 0 bridgehead atoms. The normalized spacial score (nSPS) is 22.7. The summed E-state index contributed by atoms with van der Waals surface area (Å²) >= 11 is 0. The van der Waals surface area contributed by atoms with Gasteiger partial charge in [0.15, 0.2) is 0 Å². The molecule has 2 atom stereocenters. The summed E-state index contributed by atoms with van der Waals surface area (Å²) in [7, 11) is 2.08. The Balaban J connectivity index is 1.77. The van der Waals surface area contributed by atoms with Crippen LogP contribution in [-0.4, -0.2) is 10.6 Å². The van der Waals surface area contributed by atoms with Gasteiger partial charge in [-0.2, -0.15) is 5.26 Å². The van der Waals surface area contributed by atoms with Gasteiger partial charge in [-0.1, -0.05) is 24.6 Å².